The fraction of sp³-hybridized carbons (Fsp3) is 0.817. The van der Waals surface area contributed by atoms with Crippen molar-refractivity contribution in [3.8, 4) is 0 Å². The van der Waals surface area contributed by atoms with Crippen molar-refractivity contribution in [1.82, 2.24) is 0 Å². The lowest BCUT2D eigenvalue weighted by Gasteiger charge is -2.18. The minimum atomic E-state index is -0.783. The Labute approximate surface area is 479 Å². The highest BCUT2D eigenvalue weighted by atomic mass is 16.6. The van der Waals surface area contributed by atoms with Gasteiger partial charge in [0.1, 0.15) is 13.2 Å². The zero-order valence-corrected chi connectivity index (χ0v) is 51.5. The minimum Gasteiger partial charge on any atom is -0.462 e. The number of esters is 3. The molecule has 0 saturated heterocycles. The van der Waals surface area contributed by atoms with Crippen molar-refractivity contribution in [3.63, 3.8) is 0 Å². The van der Waals surface area contributed by atoms with Crippen molar-refractivity contribution in [2.24, 2.45) is 0 Å². The molecule has 0 radical (unpaired) electrons. The van der Waals surface area contributed by atoms with Gasteiger partial charge in [-0.1, -0.05) is 313 Å². The van der Waals surface area contributed by atoms with E-state index in [9.17, 15) is 14.4 Å². The minimum absolute atomic E-state index is 0.0807. The summed E-state index contributed by atoms with van der Waals surface area (Å²) in [6.07, 6.45) is 84.4. The molecule has 0 aliphatic heterocycles. The van der Waals surface area contributed by atoms with Crippen LogP contribution in [0, 0.1) is 0 Å². The Bertz CT molecular complexity index is 1380. The van der Waals surface area contributed by atoms with Gasteiger partial charge in [-0.2, -0.15) is 0 Å². The number of rotatable bonds is 62. The van der Waals surface area contributed by atoms with Gasteiger partial charge in [-0.25, -0.2) is 0 Å². The fourth-order valence-electron chi connectivity index (χ4n) is 9.96. The standard InChI is InChI=1S/C71H128O6/c1-4-7-10-13-16-18-20-22-24-26-27-28-29-30-31-32-33-34-35-36-37-38-39-40-41-42-43-45-46-48-50-52-55-58-61-64-70(73)76-67-68(66-75-69(72)63-60-57-54-15-12-9-6-3)77-71(74)65-62-59-56-53-51-49-47-44-25-23-21-19-17-14-11-8-5-2/h8,11,17,19,23,25-27,47,49,68H,4-7,9-10,12-16,18,20-22,24,28-46,48,50-67H2,1-3H3/b11-8-,19-17-,25-23-,27-26-,49-47-. The lowest BCUT2D eigenvalue weighted by atomic mass is 10.0. The molecule has 0 saturated carbocycles. The number of hydrogen-bond acceptors (Lipinski definition) is 6. The molecule has 0 aromatic carbocycles. The molecule has 0 fully saturated rings. The van der Waals surface area contributed by atoms with Crippen LogP contribution in [0.2, 0.25) is 0 Å². The number of carbonyl (C=O) groups is 3. The maximum Gasteiger partial charge on any atom is 0.306 e. The van der Waals surface area contributed by atoms with Crippen LogP contribution in [-0.4, -0.2) is 37.2 Å². The summed E-state index contributed by atoms with van der Waals surface area (Å²) >= 11 is 0. The zero-order valence-electron chi connectivity index (χ0n) is 51.5. The Morgan fingerprint density at radius 2 is 0.506 bits per heavy atom. The average Bonchev–Trinajstić information content (AvgIpc) is 3.43. The molecule has 0 heterocycles. The van der Waals surface area contributed by atoms with Crippen LogP contribution in [0.1, 0.15) is 355 Å². The molecule has 6 heteroatoms. The third-order valence-electron chi connectivity index (χ3n) is 15.0. The Hall–Kier alpha value is -2.89. The van der Waals surface area contributed by atoms with E-state index in [0.29, 0.717) is 19.3 Å². The van der Waals surface area contributed by atoms with Gasteiger partial charge in [0.25, 0.3) is 0 Å². The molecule has 1 atom stereocenters. The summed E-state index contributed by atoms with van der Waals surface area (Å²) in [5, 5.41) is 0. The van der Waals surface area contributed by atoms with Crippen molar-refractivity contribution in [3.05, 3.63) is 60.8 Å². The number of hydrogen-bond donors (Lipinski definition) is 0. The summed E-state index contributed by atoms with van der Waals surface area (Å²) in [5.74, 6) is -0.896. The molecule has 448 valence electrons. The molecule has 0 bridgehead atoms. The molecule has 0 N–H and O–H groups in total. The van der Waals surface area contributed by atoms with Gasteiger partial charge in [-0.05, 0) is 83.5 Å². The smallest absolute Gasteiger partial charge is 0.306 e. The van der Waals surface area contributed by atoms with Crippen LogP contribution >= 0.6 is 0 Å². The molecule has 6 nitrogen and oxygen atoms in total. The molecule has 0 amide bonds. The number of ether oxygens (including phenoxy) is 3. The van der Waals surface area contributed by atoms with Crippen molar-refractivity contribution >= 4 is 17.9 Å². The highest BCUT2D eigenvalue weighted by molar-refractivity contribution is 5.71. The molecule has 1 unspecified atom stereocenters. The fourth-order valence-corrected chi connectivity index (χ4v) is 9.96. The van der Waals surface area contributed by atoms with E-state index < -0.39 is 6.10 Å². The molecular weight excluding hydrogens is 949 g/mol. The topological polar surface area (TPSA) is 78.9 Å². The summed E-state index contributed by atoms with van der Waals surface area (Å²) in [6, 6.07) is 0. The number of allylic oxidation sites excluding steroid dienone is 10. The van der Waals surface area contributed by atoms with Gasteiger partial charge in [0, 0.05) is 19.3 Å². The largest absolute Gasteiger partial charge is 0.462 e. The van der Waals surface area contributed by atoms with E-state index in [1.165, 1.54) is 218 Å². The molecule has 77 heavy (non-hydrogen) atoms. The van der Waals surface area contributed by atoms with Crippen LogP contribution in [0.5, 0.6) is 0 Å². The molecule has 0 spiro atoms. The van der Waals surface area contributed by atoms with E-state index in [4.69, 9.17) is 14.2 Å². The van der Waals surface area contributed by atoms with Gasteiger partial charge in [-0.15, -0.1) is 0 Å². The molecule has 0 aromatic heterocycles. The maximum absolute atomic E-state index is 12.8. The number of carbonyl (C=O) groups excluding carboxylic acids is 3. The van der Waals surface area contributed by atoms with Crippen molar-refractivity contribution in [1.29, 1.82) is 0 Å². The van der Waals surface area contributed by atoms with E-state index in [-0.39, 0.29) is 31.1 Å². The second kappa shape index (κ2) is 65.6. The van der Waals surface area contributed by atoms with Gasteiger partial charge >= 0.3 is 17.9 Å². The lowest BCUT2D eigenvalue weighted by molar-refractivity contribution is -0.167. The van der Waals surface area contributed by atoms with E-state index in [0.717, 1.165) is 96.3 Å². The monoisotopic (exact) mass is 1080 g/mol. The maximum atomic E-state index is 12.8. The van der Waals surface area contributed by atoms with Crippen LogP contribution in [0.3, 0.4) is 0 Å². The van der Waals surface area contributed by atoms with E-state index in [2.05, 4.69) is 81.5 Å². The van der Waals surface area contributed by atoms with Gasteiger partial charge in [0.05, 0.1) is 0 Å². The normalized spacial score (nSPS) is 12.4. The molecule has 0 aromatic rings. The first kappa shape index (κ1) is 74.1. The van der Waals surface area contributed by atoms with Gasteiger partial charge < -0.3 is 14.2 Å². The summed E-state index contributed by atoms with van der Waals surface area (Å²) in [7, 11) is 0. The summed E-state index contributed by atoms with van der Waals surface area (Å²) in [4.78, 5) is 38.0. The molecule has 0 rings (SSSR count). The first-order valence-electron chi connectivity index (χ1n) is 33.8. The van der Waals surface area contributed by atoms with Gasteiger partial charge in [-0.3, -0.25) is 14.4 Å². The second-order valence-electron chi connectivity index (χ2n) is 22.7. The molecule has 0 aliphatic carbocycles. The SMILES string of the molecule is CC/C=C\C/C=C\C/C=C\C/C=C\CCCCCCC(=O)OC(COC(=O)CCCCCCCCC)COC(=O)CCCCCCCCCCCCCCCCCCCCCCCCC/C=C\CCCCCCCCCC. The van der Waals surface area contributed by atoms with E-state index in [1.807, 2.05) is 0 Å². The third-order valence-corrected chi connectivity index (χ3v) is 15.0. The first-order chi connectivity index (χ1) is 38.0. The van der Waals surface area contributed by atoms with E-state index >= 15 is 0 Å². The van der Waals surface area contributed by atoms with Gasteiger partial charge in [0.15, 0.2) is 6.10 Å². The second-order valence-corrected chi connectivity index (χ2v) is 22.7. The predicted molar refractivity (Wildman–Crippen MR) is 335 cm³/mol. The van der Waals surface area contributed by atoms with E-state index in [1.54, 1.807) is 0 Å². The van der Waals surface area contributed by atoms with Crippen LogP contribution in [0.25, 0.3) is 0 Å². The molecule has 0 aliphatic rings. The number of unbranched alkanes of at least 4 members (excludes halogenated alkanes) is 41. The Kier molecular flexibility index (Phi) is 63.2. The van der Waals surface area contributed by atoms with Crippen LogP contribution in [0.4, 0.5) is 0 Å². The summed E-state index contributed by atoms with van der Waals surface area (Å²) in [5.41, 5.74) is 0. The Morgan fingerprint density at radius 3 is 0.805 bits per heavy atom. The van der Waals surface area contributed by atoms with Crippen LogP contribution in [0.15, 0.2) is 60.8 Å². The highest BCUT2D eigenvalue weighted by Crippen LogP contribution is 2.18. The first-order valence-corrected chi connectivity index (χ1v) is 33.8. The molecular formula is C71H128O6. The highest BCUT2D eigenvalue weighted by Gasteiger charge is 2.19. The van der Waals surface area contributed by atoms with Crippen molar-refractivity contribution in [2.75, 3.05) is 13.2 Å². The summed E-state index contributed by atoms with van der Waals surface area (Å²) in [6.45, 7) is 6.50. The van der Waals surface area contributed by atoms with Crippen LogP contribution in [-0.2, 0) is 28.6 Å². The van der Waals surface area contributed by atoms with Gasteiger partial charge in [0.2, 0.25) is 0 Å². The zero-order chi connectivity index (χ0) is 55.7. The predicted octanol–water partition coefficient (Wildman–Crippen LogP) is 23.1. The average molecular weight is 1080 g/mol. The lowest BCUT2D eigenvalue weighted by Crippen LogP contribution is -2.30. The Morgan fingerprint density at radius 1 is 0.273 bits per heavy atom. The van der Waals surface area contributed by atoms with Crippen molar-refractivity contribution < 1.29 is 28.6 Å². The van der Waals surface area contributed by atoms with Crippen molar-refractivity contribution in [2.45, 2.75) is 361 Å². The quantitative estimate of drug-likeness (QED) is 0.0261. The third kappa shape index (κ3) is 63.8. The summed E-state index contributed by atoms with van der Waals surface area (Å²) < 4.78 is 16.8. The van der Waals surface area contributed by atoms with Crippen LogP contribution < -0.4 is 0 Å². The Balaban J connectivity index is 3.95.